The fourth-order valence-electron chi connectivity index (χ4n) is 3.37. The summed E-state index contributed by atoms with van der Waals surface area (Å²) < 4.78 is 0. The minimum absolute atomic E-state index is 0.0620. The molecule has 0 N–H and O–H groups in total. The van der Waals surface area contributed by atoms with E-state index in [1.165, 1.54) is 0 Å². The smallest absolute Gasteiger partial charge is 0.148 e. The summed E-state index contributed by atoms with van der Waals surface area (Å²) in [6, 6.07) is 34.7. The maximum Gasteiger partial charge on any atom is 0.148 e. The van der Waals surface area contributed by atoms with Gasteiger partial charge in [-0.25, -0.2) is 0 Å². The molecule has 0 spiro atoms. The van der Waals surface area contributed by atoms with E-state index < -0.39 is 5.57 Å². The summed E-state index contributed by atoms with van der Waals surface area (Å²) in [5.41, 5.74) is 1.29. The monoisotopic (exact) mass is 422 g/mol. The summed E-state index contributed by atoms with van der Waals surface area (Å²) in [7, 11) is 0. The number of para-hydroxylation sites is 3. The van der Waals surface area contributed by atoms with Crippen molar-refractivity contribution in [1.29, 1.82) is 26.3 Å². The second-order valence-electron chi connectivity index (χ2n) is 6.58. The van der Waals surface area contributed by atoms with Gasteiger partial charge in [0.1, 0.15) is 41.5 Å². The molecule has 3 aromatic carbocycles. The van der Waals surface area contributed by atoms with Gasteiger partial charge in [-0.15, -0.1) is 0 Å². The van der Waals surface area contributed by atoms with Crippen molar-refractivity contribution in [2.24, 2.45) is 0 Å². The van der Waals surface area contributed by atoms with Crippen molar-refractivity contribution in [2.75, 3.05) is 4.90 Å². The molecule has 3 aromatic rings. The van der Waals surface area contributed by atoms with E-state index in [1.807, 2.05) is 83.8 Å². The maximum atomic E-state index is 9.82. The Hall–Kier alpha value is -5.61. The van der Waals surface area contributed by atoms with Gasteiger partial charge in [-0.1, -0.05) is 54.6 Å². The number of rotatable bonds is 5. The van der Waals surface area contributed by atoms with E-state index in [4.69, 9.17) is 0 Å². The van der Waals surface area contributed by atoms with Crippen molar-refractivity contribution in [2.45, 2.75) is 0 Å². The Morgan fingerprint density at radius 3 is 1.42 bits per heavy atom. The molecule has 33 heavy (non-hydrogen) atoms. The van der Waals surface area contributed by atoms with Gasteiger partial charge in [0.15, 0.2) is 0 Å². The molecule has 0 atom stereocenters. The minimum atomic E-state index is -0.476. The van der Waals surface area contributed by atoms with Crippen LogP contribution in [0.3, 0.4) is 0 Å². The molecule has 0 aliphatic rings. The topological polar surface area (TPSA) is 122 Å². The highest BCUT2D eigenvalue weighted by Gasteiger charge is 2.24. The Balaban J connectivity index is 2.45. The van der Waals surface area contributed by atoms with E-state index >= 15 is 0 Å². The first-order chi connectivity index (χ1) is 16.2. The molecule has 0 saturated heterocycles. The molecule has 0 fully saturated rings. The van der Waals surface area contributed by atoms with Gasteiger partial charge < -0.3 is 4.90 Å². The number of nitriles is 5. The fraction of sp³-hybridized carbons (Fsp3) is 0. The van der Waals surface area contributed by atoms with Crippen molar-refractivity contribution in [3.8, 4) is 30.3 Å². The highest BCUT2D eigenvalue weighted by atomic mass is 15.1. The van der Waals surface area contributed by atoms with E-state index in [1.54, 1.807) is 36.4 Å². The number of benzene rings is 3. The quantitative estimate of drug-likeness (QED) is 0.377. The summed E-state index contributed by atoms with van der Waals surface area (Å²) in [5, 5.41) is 47.9. The first-order valence-corrected chi connectivity index (χ1v) is 9.69. The molecule has 6 nitrogen and oxygen atoms in total. The molecule has 0 saturated carbocycles. The molecule has 0 amide bonds. The molecule has 3 rings (SSSR count). The van der Waals surface area contributed by atoms with Crippen LogP contribution in [0, 0.1) is 56.7 Å². The van der Waals surface area contributed by atoms with Gasteiger partial charge in [0, 0.05) is 22.5 Å². The summed E-state index contributed by atoms with van der Waals surface area (Å²) in [6.45, 7) is 0. The van der Waals surface area contributed by atoms with Gasteiger partial charge in [0.25, 0.3) is 0 Å². The SMILES string of the molecule is N#CC(C#N)=C(C#N)C(=C(C#N)C#N)c1ccccc1N(c1ccccc1)c1ccccc1. The molecular weight excluding hydrogens is 408 g/mol. The standard InChI is InChI=1S/C27H14N6/c28-15-20(16-29)25(19-32)27(21(17-30)18-31)24-13-7-8-14-26(24)33(22-9-3-1-4-10-22)23-11-5-2-6-12-23/h1-14H. The number of allylic oxidation sites excluding steroid dienone is 4. The summed E-state index contributed by atoms with van der Waals surface area (Å²) in [5.74, 6) is 0. The lowest BCUT2D eigenvalue weighted by molar-refractivity contribution is 1.27. The lowest BCUT2D eigenvalue weighted by Gasteiger charge is -2.28. The van der Waals surface area contributed by atoms with Crippen LogP contribution in [0.2, 0.25) is 0 Å². The maximum absolute atomic E-state index is 9.82. The van der Waals surface area contributed by atoms with Crippen molar-refractivity contribution >= 4 is 22.6 Å². The minimum Gasteiger partial charge on any atom is -0.310 e. The zero-order chi connectivity index (χ0) is 23.6. The first-order valence-electron chi connectivity index (χ1n) is 9.69. The van der Waals surface area contributed by atoms with E-state index in [0.29, 0.717) is 11.3 Å². The van der Waals surface area contributed by atoms with Crippen molar-refractivity contribution < 1.29 is 0 Å². The summed E-state index contributed by atoms with van der Waals surface area (Å²) in [6.07, 6.45) is 0. The van der Waals surface area contributed by atoms with Crippen LogP contribution in [-0.2, 0) is 0 Å². The molecule has 0 aliphatic heterocycles. The average molecular weight is 422 g/mol. The Morgan fingerprint density at radius 1 is 0.515 bits per heavy atom. The van der Waals surface area contributed by atoms with Crippen LogP contribution in [0.5, 0.6) is 0 Å². The van der Waals surface area contributed by atoms with Crippen LogP contribution in [-0.4, -0.2) is 0 Å². The third-order valence-corrected chi connectivity index (χ3v) is 4.75. The first kappa shape index (κ1) is 22.1. The van der Waals surface area contributed by atoms with Crippen LogP contribution in [0.4, 0.5) is 17.1 Å². The number of anilines is 3. The summed E-state index contributed by atoms with van der Waals surface area (Å²) >= 11 is 0. The lowest BCUT2D eigenvalue weighted by atomic mass is 9.90. The Bertz CT molecular complexity index is 1380. The Kier molecular flexibility index (Phi) is 6.98. The predicted molar refractivity (Wildman–Crippen MR) is 123 cm³/mol. The molecule has 0 heterocycles. The van der Waals surface area contributed by atoms with Gasteiger partial charge >= 0.3 is 0 Å². The molecule has 0 aromatic heterocycles. The zero-order valence-electron chi connectivity index (χ0n) is 17.3. The number of nitrogens with zero attached hydrogens (tertiary/aromatic N) is 6. The molecule has 0 bridgehead atoms. The Morgan fingerprint density at radius 2 is 0.970 bits per heavy atom. The van der Waals surface area contributed by atoms with Crippen LogP contribution >= 0.6 is 0 Å². The molecule has 152 valence electrons. The molecule has 0 unspecified atom stereocenters. The highest BCUT2D eigenvalue weighted by Crippen LogP contribution is 2.41. The van der Waals surface area contributed by atoms with Crippen LogP contribution < -0.4 is 4.90 Å². The fourth-order valence-corrected chi connectivity index (χ4v) is 3.37. The largest absolute Gasteiger partial charge is 0.310 e. The van der Waals surface area contributed by atoms with Gasteiger partial charge in [-0.05, 0) is 30.3 Å². The van der Waals surface area contributed by atoms with E-state index in [9.17, 15) is 26.3 Å². The molecule has 0 aliphatic carbocycles. The predicted octanol–water partition coefficient (Wildman–Crippen LogP) is 5.82. The lowest BCUT2D eigenvalue weighted by Crippen LogP contribution is -2.12. The number of hydrogen-bond donors (Lipinski definition) is 0. The Labute approximate surface area is 191 Å². The van der Waals surface area contributed by atoms with Crippen molar-refractivity contribution in [3.05, 3.63) is 107 Å². The van der Waals surface area contributed by atoms with Gasteiger partial charge in [0.05, 0.1) is 11.3 Å². The van der Waals surface area contributed by atoms with Gasteiger partial charge in [-0.2, -0.15) is 26.3 Å². The third-order valence-electron chi connectivity index (χ3n) is 4.75. The van der Waals surface area contributed by atoms with Crippen LogP contribution in [0.25, 0.3) is 5.57 Å². The van der Waals surface area contributed by atoms with Gasteiger partial charge in [0.2, 0.25) is 0 Å². The third kappa shape index (κ3) is 4.45. The van der Waals surface area contributed by atoms with E-state index in [2.05, 4.69) is 0 Å². The number of hydrogen-bond acceptors (Lipinski definition) is 6. The van der Waals surface area contributed by atoms with Gasteiger partial charge in [-0.3, -0.25) is 0 Å². The van der Waals surface area contributed by atoms with E-state index in [-0.39, 0.29) is 16.7 Å². The van der Waals surface area contributed by atoms with Crippen LogP contribution in [0.15, 0.2) is 102 Å². The normalized spacial score (nSPS) is 9.06. The molecule has 6 heteroatoms. The summed E-state index contributed by atoms with van der Waals surface area (Å²) in [4.78, 5) is 1.91. The molecular formula is C27H14N6. The zero-order valence-corrected chi connectivity index (χ0v) is 17.3. The van der Waals surface area contributed by atoms with Crippen molar-refractivity contribution in [1.82, 2.24) is 0 Å². The average Bonchev–Trinajstić information content (AvgIpc) is 2.88. The molecule has 0 radical (unpaired) electrons. The second-order valence-corrected chi connectivity index (χ2v) is 6.58. The van der Waals surface area contributed by atoms with E-state index in [0.717, 1.165) is 11.4 Å². The highest BCUT2D eigenvalue weighted by molar-refractivity contribution is 5.97. The van der Waals surface area contributed by atoms with Crippen molar-refractivity contribution in [3.63, 3.8) is 0 Å². The second kappa shape index (κ2) is 10.4. The van der Waals surface area contributed by atoms with Crippen LogP contribution in [0.1, 0.15) is 5.56 Å².